The average Bonchev–Trinajstić information content (AvgIpc) is 3.04. The summed E-state index contributed by atoms with van der Waals surface area (Å²) in [6.45, 7) is 1.23. The molecule has 4 rings (SSSR count). The summed E-state index contributed by atoms with van der Waals surface area (Å²) in [4.78, 5) is 0. The lowest BCUT2D eigenvalue weighted by atomic mass is 9.80. The van der Waals surface area contributed by atoms with Gasteiger partial charge in [0, 0.05) is 26.9 Å². The first kappa shape index (κ1) is 14.8. The minimum Gasteiger partial charge on any atom is -0.385 e. The summed E-state index contributed by atoms with van der Waals surface area (Å²) < 4.78 is 23.5. The summed E-state index contributed by atoms with van der Waals surface area (Å²) in [5.41, 5.74) is 1.01. The van der Waals surface area contributed by atoms with Gasteiger partial charge in [-0.25, -0.2) is 0 Å². The van der Waals surface area contributed by atoms with E-state index in [-0.39, 0.29) is 16.8 Å². The summed E-state index contributed by atoms with van der Waals surface area (Å²) in [5.74, 6) is 0. The molecule has 3 aliphatic heterocycles. The SMILES string of the molecule is O=S1C2CCCC1CC(O)(c1cccc(C3OCCO3)c1)C2. The molecule has 1 aromatic carbocycles. The normalized spacial score (nSPS) is 39.0. The maximum absolute atomic E-state index is 12.4. The number of aliphatic hydroxyl groups is 1. The van der Waals surface area contributed by atoms with E-state index in [9.17, 15) is 9.32 Å². The van der Waals surface area contributed by atoms with Crippen molar-refractivity contribution in [3.63, 3.8) is 0 Å². The topological polar surface area (TPSA) is 55.8 Å². The molecule has 0 saturated carbocycles. The molecule has 1 N–H and O–H groups in total. The Hall–Kier alpha value is -0.750. The maximum atomic E-state index is 12.4. The molecule has 2 bridgehead atoms. The summed E-state index contributed by atoms with van der Waals surface area (Å²) in [5, 5.41) is 11.5. The Morgan fingerprint density at radius 3 is 2.50 bits per heavy atom. The first-order valence-electron chi connectivity index (χ1n) is 8.11. The summed E-state index contributed by atoms with van der Waals surface area (Å²) >= 11 is 0. The summed E-state index contributed by atoms with van der Waals surface area (Å²) in [6, 6.07) is 7.90. The van der Waals surface area contributed by atoms with Gasteiger partial charge < -0.3 is 14.6 Å². The van der Waals surface area contributed by atoms with Crippen molar-refractivity contribution in [2.75, 3.05) is 13.2 Å². The lowest BCUT2D eigenvalue weighted by molar-refractivity contribution is -0.0447. The van der Waals surface area contributed by atoms with Crippen molar-refractivity contribution in [3.8, 4) is 0 Å². The number of hydrogen-bond acceptors (Lipinski definition) is 4. The van der Waals surface area contributed by atoms with E-state index in [1.807, 2.05) is 24.3 Å². The Bertz CT molecular complexity index is 566. The van der Waals surface area contributed by atoms with Crippen molar-refractivity contribution in [1.29, 1.82) is 0 Å². The molecule has 22 heavy (non-hydrogen) atoms. The third-order valence-electron chi connectivity index (χ3n) is 5.16. The van der Waals surface area contributed by atoms with E-state index in [1.54, 1.807) is 0 Å². The Labute approximate surface area is 133 Å². The predicted molar refractivity (Wildman–Crippen MR) is 83.8 cm³/mol. The van der Waals surface area contributed by atoms with E-state index in [2.05, 4.69) is 0 Å². The van der Waals surface area contributed by atoms with Gasteiger partial charge in [0.15, 0.2) is 6.29 Å². The van der Waals surface area contributed by atoms with Gasteiger partial charge in [-0.15, -0.1) is 0 Å². The fraction of sp³-hybridized carbons (Fsp3) is 0.647. The molecule has 2 atom stereocenters. The zero-order valence-electron chi connectivity index (χ0n) is 12.6. The standard InChI is InChI=1S/C17H22O4S/c18-17(10-14-5-2-6-15(11-17)22(14)19)13-4-1-3-12(9-13)16-20-7-8-21-16/h1,3-4,9,14-16,18H,2,5-8,10-11H2. The van der Waals surface area contributed by atoms with Crippen LogP contribution in [-0.2, 0) is 25.9 Å². The van der Waals surface area contributed by atoms with E-state index in [0.717, 1.165) is 30.4 Å². The van der Waals surface area contributed by atoms with Crippen molar-refractivity contribution in [2.45, 2.75) is 54.5 Å². The average molecular weight is 322 g/mol. The molecular formula is C17H22O4S. The number of benzene rings is 1. The van der Waals surface area contributed by atoms with Gasteiger partial charge in [-0.05, 0) is 37.3 Å². The summed E-state index contributed by atoms with van der Waals surface area (Å²) in [7, 11) is -0.773. The van der Waals surface area contributed by atoms with Crippen molar-refractivity contribution in [1.82, 2.24) is 0 Å². The summed E-state index contributed by atoms with van der Waals surface area (Å²) in [6.07, 6.45) is 3.97. The molecule has 4 nitrogen and oxygen atoms in total. The molecule has 120 valence electrons. The quantitative estimate of drug-likeness (QED) is 0.908. The van der Waals surface area contributed by atoms with Gasteiger partial charge in [-0.3, -0.25) is 4.21 Å². The Kier molecular flexibility index (Phi) is 3.85. The minimum atomic E-state index is -0.863. The monoisotopic (exact) mass is 322 g/mol. The first-order valence-corrected chi connectivity index (χ1v) is 9.39. The van der Waals surface area contributed by atoms with Crippen LogP contribution in [0.5, 0.6) is 0 Å². The van der Waals surface area contributed by atoms with Gasteiger partial charge in [-0.1, -0.05) is 24.6 Å². The van der Waals surface area contributed by atoms with Gasteiger partial charge in [0.05, 0.1) is 18.8 Å². The van der Waals surface area contributed by atoms with Gasteiger partial charge in [-0.2, -0.15) is 0 Å². The van der Waals surface area contributed by atoms with E-state index in [4.69, 9.17) is 9.47 Å². The van der Waals surface area contributed by atoms with Gasteiger partial charge in [0.2, 0.25) is 0 Å². The van der Waals surface area contributed by atoms with Crippen LogP contribution in [0.25, 0.3) is 0 Å². The molecule has 0 aromatic heterocycles. The van der Waals surface area contributed by atoms with Crippen LogP contribution < -0.4 is 0 Å². The number of ether oxygens (including phenoxy) is 2. The highest BCUT2D eigenvalue weighted by atomic mass is 32.2. The van der Waals surface area contributed by atoms with Crippen molar-refractivity contribution < 1.29 is 18.8 Å². The van der Waals surface area contributed by atoms with Crippen LogP contribution in [0.1, 0.15) is 49.5 Å². The molecular weight excluding hydrogens is 300 g/mol. The van der Waals surface area contributed by atoms with Crippen LogP contribution in [0.3, 0.4) is 0 Å². The smallest absolute Gasteiger partial charge is 0.184 e. The predicted octanol–water partition coefficient (Wildman–Crippen LogP) is 2.38. The van der Waals surface area contributed by atoms with Crippen LogP contribution in [0, 0.1) is 0 Å². The largest absolute Gasteiger partial charge is 0.385 e. The highest BCUT2D eigenvalue weighted by Gasteiger charge is 2.46. The first-order chi connectivity index (χ1) is 10.7. The van der Waals surface area contributed by atoms with Crippen molar-refractivity contribution in [3.05, 3.63) is 35.4 Å². The fourth-order valence-corrected chi connectivity index (χ4v) is 6.27. The molecule has 0 amide bonds. The second kappa shape index (κ2) is 5.71. The molecule has 3 fully saturated rings. The van der Waals surface area contributed by atoms with Crippen molar-refractivity contribution >= 4 is 10.8 Å². The molecule has 3 saturated heterocycles. The highest BCUT2D eigenvalue weighted by Crippen LogP contribution is 2.44. The molecule has 5 heteroatoms. The van der Waals surface area contributed by atoms with Crippen LogP contribution in [0.4, 0.5) is 0 Å². The van der Waals surface area contributed by atoms with Crippen LogP contribution >= 0.6 is 0 Å². The number of rotatable bonds is 2. The van der Waals surface area contributed by atoms with Crippen LogP contribution in [-0.4, -0.2) is 33.0 Å². The molecule has 0 aliphatic carbocycles. The maximum Gasteiger partial charge on any atom is 0.184 e. The third-order valence-corrected chi connectivity index (χ3v) is 7.28. The molecule has 3 heterocycles. The van der Waals surface area contributed by atoms with Crippen LogP contribution in [0.15, 0.2) is 24.3 Å². The van der Waals surface area contributed by atoms with Gasteiger partial charge in [0.25, 0.3) is 0 Å². The van der Waals surface area contributed by atoms with E-state index < -0.39 is 16.4 Å². The van der Waals surface area contributed by atoms with E-state index in [0.29, 0.717) is 26.1 Å². The van der Waals surface area contributed by atoms with Gasteiger partial charge >= 0.3 is 0 Å². The minimum absolute atomic E-state index is 0.139. The molecule has 1 aromatic rings. The Morgan fingerprint density at radius 2 is 1.82 bits per heavy atom. The fourth-order valence-electron chi connectivity index (χ4n) is 4.04. The number of hydrogen-bond donors (Lipinski definition) is 1. The van der Waals surface area contributed by atoms with Crippen molar-refractivity contribution in [2.24, 2.45) is 0 Å². The highest BCUT2D eigenvalue weighted by molar-refractivity contribution is 7.86. The van der Waals surface area contributed by atoms with Crippen LogP contribution in [0.2, 0.25) is 0 Å². The Balaban J connectivity index is 1.63. The van der Waals surface area contributed by atoms with E-state index >= 15 is 0 Å². The Morgan fingerprint density at radius 1 is 1.14 bits per heavy atom. The van der Waals surface area contributed by atoms with E-state index in [1.165, 1.54) is 0 Å². The lowest BCUT2D eigenvalue weighted by Gasteiger charge is -2.44. The number of fused-ring (bicyclic) bond motifs is 2. The molecule has 3 aliphatic rings. The molecule has 0 radical (unpaired) electrons. The molecule has 0 spiro atoms. The zero-order chi connectivity index (χ0) is 15.2. The second-order valence-electron chi connectivity index (χ2n) is 6.64. The second-order valence-corrected chi connectivity index (χ2v) is 8.63. The zero-order valence-corrected chi connectivity index (χ0v) is 13.4. The third kappa shape index (κ3) is 2.54. The van der Waals surface area contributed by atoms with Gasteiger partial charge in [0.1, 0.15) is 0 Å². The molecule has 2 unspecified atom stereocenters. The lowest BCUT2D eigenvalue weighted by Crippen LogP contribution is -2.47.